The first-order valence-corrected chi connectivity index (χ1v) is 7.17. The van der Waals surface area contributed by atoms with Gasteiger partial charge in [0.2, 0.25) is 0 Å². The molecule has 0 amide bonds. The van der Waals surface area contributed by atoms with Gasteiger partial charge in [-0.15, -0.1) is 0 Å². The average Bonchev–Trinajstić information content (AvgIpc) is 2.40. The summed E-state index contributed by atoms with van der Waals surface area (Å²) in [6.45, 7) is 1.02. The largest absolute Gasteiger partial charge is 0.506 e. The van der Waals surface area contributed by atoms with E-state index in [9.17, 15) is 14.3 Å². The highest BCUT2D eigenvalue weighted by atomic mass is 127. The lowest BCUT2D eigenvalue weighted by molar-refractivity contribution is -0.132. The zero-order chi connectivity index (χ0) is 16.0. The number of rotatable bonds is 6. The molecule has 0 radical (unpaired) electrons. The fourth-order valence-corrected chi connectivity index (χ4v) is 1.95. The molecule has 0 heterocycles. The highest BCUT2D eigenvalue weighted by Gasteiger charge is 2.17. The molecule has 114 valence electrons. The van der Waals surface area contributed by atoms with Crippen molar-refractivity contribution in [3.63, 3.8) is 0 Å². The molecular weight excluding hydrogens is 390 g/mol. The van der Waals surface area contributed by atoms with E-state index in [0.29, 0.717) is 16.7 Å². The summed E-state index contributed by atoms with van der Waals surface area (Å²) in [6, 6.07) is 4.08. The quantitative estimate of drug-likeness (QED) is 0.330. The second kappa shape index (κ2) is 8.08. The highest BCUT2D eigenvalue weighted by molar-refractivity contribution is 14.1. The second-order valence-corrected chi connectivity index (χ2v) is 5.78. The van der Waals surface area contributed by atoms with Crippen molar-refractivity contribution >= 4 is 40.5 Å². The van der Waals surface area contributed by atoms with Gasteiger partial charge in [-0.05, 0) is 54.9 Å². The van der Waals surface area contributed by atoms with E-state index in [1.165, 1.54) is 18.2 Å². The summed E-state index contributed by atoms with van der Waals surface area (Å²) < 4.78 is 14.4. The van der Waals surface area contributed by atoms with E-state index in [0.717, 1.165) is 6.21 Å². The van der Waals surface area contributed by atoms with Gasteiger partial charge >= 0.3 is 5.97 Å². The fourth-order valence-electron chi connectivity index (χ4n) is 1.46. The van der Waals surface area contributed by atoms with Crippen molar-refractivity contribution in [1.29, 1.82) is 0 Å². The van der Waals surface area contributed by atoms with Gasteiger partial charge in [-0.1, -0.05) is 0 Å². The molecule has 0 fully saturated rings. The van der Waals surface area contributed by atoms with Crippen molar-refractivity contribution in [2.45, 2.75) is 0 Å². The maximum Gasteiger partial charge on any atom is 0.341 e. The van der Waals surface area contributed by atoms with Crippen LogP contribution in [0.2, 0.25) is 0 Å². The van der Waals surface area contributed by atoms with Gasteiger partial charge in [0, 0.05) is 16.3 Å². The monoisotopic (exact) mass is 406 g/mol. The van der Waals surface area contributed by atoms with Crippen molar-refractivity contribution in [3.8, 4) is 0 Å². The molecule has 0 aliphatic rings. The number of carbonyl (C=O) groups is 1. The topological polar surface area (TPSA) is 73.1 Å². The number of carboxylic acids is 1. The number of carboxylic acid groups (broad SMARTS) is 1. The Labute approximate surface area is 135 Å². The van der Waals surface area contributed by atoms with E-state index in [-0.39, 0.29) is 5.56 Å². The molecule has 0 saturated carbocycles. The van der Waals surface area contributed by atoms with Gasteiger partial charge in [0.15, 0.2) is 0 Å². The van der Waals surface area contributed by atoms with Crippen molar-refractivity contribution in [2.75, 3.05) is 27.2 Å². The van der Waals surface area contributed by atoms with Gasteiger partial charge in [0.1, 0.15) is 17.1 Å². The van der Waals surface area contributed by atoms with Crippen LogP contribution in [0.5, 0.6) is 0 Å². The lowest BCUT2D eigenvalue weighted by atomic mass is 10.1. The third-order valence-electron chi connectivity index (χ3n) is 2.57. The van der Waals surface area contributed by atoms with Gasteiger partial charge in [-0.3, -0.25) is 4.99 Å². The SMILES string of the molecule is CN(C)CCN=CC(C(=O)O)=C(O)c1cc(I)ccc1F. The number of aliphatic hydroxyl groups excluding tert-OH is 1. The molecule has 0 aliphatic heterocycles. The van der Waals surface area contributed by atoms with E-state index in [1.807, 2.05) is 41.6 Å². The third-order valence-corrected chi connectivity index (χ3v) is 3.24. The first kappa shape index (κ1) is 17.6. The molecule has 1 aromatic carbocycles. The van der Waals surface area contributed by atoms with Crippen LogP contribution in [0.4, 0.5) is 4.39 Å². The Morgan fingerprint density at radius 3 is 2.67 bits per heavy atom. The van der Waals surface area contributed by atoms with Gasteiger partial charge in [-0.25, -0.2) is 9.18 Å². The van der Waals surface area contributed by atoms with E-state index in [1.54, 1.807) is 0 Å². The molecule has 0 bridgehead atoms. The first-order chi connectivity index (χ1) is 9.82. The van der Waals surface area contributed by atoms with Gasteiger partial charge < -0.3 is 15.1 Å². The molecule has 0 unspecified atom stereocenters. The summed E-state index contributed by atoms with van der Waals surface area (Å²) in [5.41, 5.74) is -0.590. The van der Waals surface area contributed by atoms with Crippen LogP contribution in [0.3, 0.4) is 0 Å². The van der Waals surface area contributed by atoms with Gasteiger partial charge in [-0.2, -0.15) is 0 Å². The molecule has 2 N–H and O–H groups in total. The summed E-state index contributed by atoms with van der Waals surface area (Å²) in [5, 5.41) is 19.1. The Kier molecular flexibility index (Phi) is 6.76. The number of benzene rings is 1. The molecule has 5 nitrogen and oxygen atoms in total. The molecule has 7 heteroatoms. The minimum absolute atomic E-state index is 0.154. The van der Waals surface area contributed by atoms with Crippen LogP contribution in [0, 0.1) is 9.39 Å². The lowest BCUT2D eigenvalue weighted by Gasteiger charge is -2.07. The van der Waals surface area contributed by atoms with Gasteiger partial charge in [0.05, 0.1) is 12.1 Å². The van der Waals surface area contributed by atoms with Crippen LogP contribution in [-0.4, -0.2) is 54.5 Å². The predicted octanol–water partition coefficient (Wildman–Crippen LogP) is 2.42. The normalized spacial score (nSPS) is 12.8. The zero-order valence-corrected chi connectivity index (χ0v) is 13.8. The summed E-state index contributed by atoms with van der Waals surface area (Å²) in [6.07, 6.45) is 1.06. The van der Waals surface area contributed by atoms with Crippen LogP contribution in [0.1, 0.15) is 5.56 Å². The van der Waals surface area contributed by atoms with Crippen LogP contribution in [-0.2, 0) is 4.79 Å². The minimum atomic E-state index is -1.36. The Bertz CT molecular complexity index is 586. The van der Waals surface area contributed by atoms with Crippen molar-refractivity contribution in [1.82, 2.24) is 4.90 Å². The highest BCUT2D eigenvalue weighted by Crippen LogP contribution is 2.21. The van der Waals surface area contributed by atoms with Crippen LogP contribution < -0.4 is 0 Å². The van der Waals surface area contributed by atoms with Crippen LogP contribution in [0.15, 0.2) is 28.8 Å². The van der Waals surface area contributed by atoms with E-state index in [4.69, 9.17) is 5.11 Å². The van der Waals surface area contributed by atoms with E-state index in [2.05, 4.69) is 4.99 Å². The lowest BCUT2D eigenvalue weighted by Crippen LogP contribution is -2.16. The fraction of sp³-hybridized carbons (Fsp3) is 0.286. The summed E-state index contributed by atoms with van der Waals surface area (Å²) in [4.78, 5) is 17.0. The number of aliphatic imine (C=N–C) groups is 1. The molecule has 0 spiro atoms. The van der Waals surface area contributed by atoms with E-state index < -0.39 is 23.1 Å². The standard InChI is InChI=1S/C14H16FIN2O3/c1-18(2)6-5-17-8-11(14(20)21)13(19)10-7-9(16)3-4-12(10)15/h3-4,7-8,19H,5-6H2,1-2H3,(H,20,21). The minimum Gasteiger partial charge on any atom is -0.506 e. The number of hydrogen-bond acceptors (Lipinski definition) is 4. The zero-order valence-electron chi connectivity index (χ0n) is 11.7. The van der Waals surface area contributed by atoms with Crippen molar-refractivity contribution < 1.29 is 19.4 Å². The molecule has 0 aliphatic carbocycles. The summed E-state index contributed by atoms with van der Waals surface area (Å²) >= 11 is 1.95. The Hall–Kier alpha value is -1.48. The summed E-state index contributed by atoms with van der Waals surface area (Å²) in [7, 11) is 3.73. The maximum absolute atomic E-state index is 13.7. The molecule has 1 rings (SSSR count). The van der Waals surface area contributed by atoms with E-state index >= 15 is 0 Å². The van der Waals surface area contributed by atoms with Crippen LogP contribution in [0.25, 0.3) is 5.76 Å². The molecule has 0 aromatic heterocycles. The molecule has 0 atom stereocenters. The Morgan fingerprint density at radius 2 is 2.10 bits per heavy atom. The second-order valence-electron chi connectivity index (χ2n) is 4.53. The average molecular weight is 406 g/mol. The van der Waals surface area contributed by atoms with Crippen molar-refractivity contribution in [3.05, 3.63) is 38.7 Å². The Morgan fingerprint density at radius 1 is 1.43 bits per heavy atom. The van der Waals surface area contributed by atoms with Gasteiger partial charge in [0.25, 0.3) is 0 Å². The first-order valence-electron chi connectivity index (χ1n) is 6.09. The Balaban J connectivity index is 3.12. The molecule has 0 saturated heterocycles. The number of likely N-dealkylation sites (N-methyl/N-ethyl adjacent to an activating group) is 1. The number of aliphatic hydroxyl groups is 1. The smallest absolute Gasteiger partial charge is 0.341 e. The predicted molar refractivity (Wildman–Crippen MR) is 88.2 cm³/mol. The number of hydrogen-bond donors (Lipinski definition) is 2. The number of halogens is 2. The number of aliphatic carboxylic acids is 1. The molecule has 21 heavy (non-hydrogen) atoms. The van der Waals surface area contributed by atoms with Crippen molar-refractivity contribution in [2.24, 2.45) is 4.99 Å². The summed E-state index contributed by atoms with van der Waals surface area (Å²) in [5.74, 6) is -2.68. The molecular formula is C14H16FIN2O3. The third kappa shape index (κ3) is 5.43. The maximum atomic E-state index is 13.7. The number of nitrogens with zero attached hydrogens (tertiary/aromatic N) is 2. The molecule has 1 aromatic rings. The van der Waals surface area contributed by atoms with Crippen LogP contribution >= 0.6 is 22.6 Å².